The van der Waals surface area contributed by atoms with Crippen LogP contribution in [0.3, 0.4) is 0 Å². The summed E-state index contributed by atoms with van der Waals surface area (Å²) in [7, 11) is 3.50. The zero-order valence-electron chi connectivity index (χ0n) is 16.1. The zero-order valence-corrected chi connectivity index (χ0v) is 18.4. The Kier molecular flexibility index (Phi) is 8.46. The van der Waals surface area contributed by atoms with Crippen molar-refractivity contribution < 1.29 is 9.53 Å². The van der Waals surface area contributed by atoms with E-state index in [1.807, 2.05) is 12.1 Å². The van der Waals surface area contributed by atoms with Crippen molar-refractivity contribution in [3.8, 4) is 5.75 Å². The molecule has 2 aliphatic rings. The molecule has 2 N–H and O–H groups in total. The number of carbonyl (C=O) groups excluding carboxylic acids is 1. The van der Waals surface area contributed by atoms with Crippen LogP contribution < -0.4 is 20.3 Å². The number of hydrogen-bond acceptors (Lipinski definition) is 4. The van der Waals surface area contributed by atoms with Gasteiger partial charge in [-0.15, -0.1) is 24.0 Å². The minimum absolute atomic E-state index is 0. The van der Waals surface area contributed by atoms with Gasteiger partial charge in [0.15, 0.2) is 5.96 Å². The number of methoxy groups -OCH3 is 1. The fraction of sp³-hybridized carbons (Fsp3) is 0.579. The Labute approximate surface area is 178 Å². The fourth-order valence-corrected chi connectivity index (χ4v) is 3.17. The Bertz CT molecular complexity index is 643. The maximum atomic E-state index is 11.6. The van der Waals surface area contributed by atoms with Crippen molar-refractivity contribution in [2.45, 2.75) is 12.8 Å². The van der Waals surface area contributed by atoms with Gasteiger partial charge in [0, 0.05) is 64.0 Å². The molecule has 1 amide bonds. The highest BCUT2D eigenvalue weighted by Crippen LogP contribution is 2.28. The van der Waals surface area contributed by atoms with E-state index in [0.717, 1.165) is 50.7 Å². The molecule has 1 aliphatic carbocycles. The van der Waals surface area contributed by atoms with E-state index in [1.165, 1.54) is 5.69 Å². The SMILES string of the molecule is CN=C(NCCNC(=O)C1CC1)N1CCN(c2cccc(OC)c2)CC1.I. The van der Waals surface area contributed by atoms with Gasteiger partial charge >= 0.3 is 0 Å². The lowest BCUT2D eigenvalue weighted by Gasteiger charge is -2.37. The number of halogens is 1. The van der Waals surface area contributed by atoms with Gasteiger partial charge in [0.25, 0.3) is 0 Å². The number of piperazine rings is 1. The number of carbonyl (C=O) groups is 1. The average Bonchev–Trinajstić information content (AvgIpc) is 3.53. The minimum atomic E-state index is 0. The first-order chi connectivity index (χ1) is 12.7. The number of nitrogens with one attached hydrogen (secondary N) is 2. The van der Waals surface area contributed by atoms with E-state index in [-0.39, 0.29) is 35.8 Å². The molecule has 1 saturated carbocycles. The molecule has 1 aromatic rings. The summed E-state index contributed by atoms with van der Waals surface area (Å²) in [6.07, 6.45) is 2.08. The number of ether oxygens (including phenoxy) is 1. The molecule has 0 atom stereocenters. The van der Waals surface area contributed by atoms with Crippen molar-refractivity contribution in [1.29, 1.82) is 0 Å². The molecule has 0 bridgehead atoms. The van der Waals surface area contributed by atoms with Crippen LogP contribution in [0, 0.1) is 5.92 Å². The first kappa shape index (κ1) is 21.6. The van der Waals surface area contributed by atoms with Crippen LogP contribution >= 0.6 is 24.0 Å². The Morgan fingerprint density at radius 1 is 1.19 bits per heavy atom. The van der Waals surface area contributed by atoms with Crippen LogP contribution in [0.4, 0.5) is 5.69 Å². The number of benzene rings is 1. The van der Waals surface area contributed by atoms with Gasteiger partial charge < -0.3 is 25.2 Å². The topological polar surface area (TPSA) is 69.2 Å². The Morgan fingerprint density at radius 2 is 1.89 bits per heavy atom. The molecular formula is C19H30IN5O2. The van der Waals surface area contributed by atoms with E-state index in [0.29, 0.717) is 13.1 Å². The van der Waals surface area contributed by atoms with E-state index < -0.39 is 0 Å². The predicted octanol–water partition coefficient (Wildman–Crippen LogP) is 1.54. The molecule has 1 aliphatic heterocycles. The highest BCUT2D eigenvalue weighted by molar-refractivity contribution is 14.0. The van der Waals surface area contributed by atoms with Gasteiger partial charge in [0.1, 0.15) is 5.75 Å². The van der Waals surface area contributed by atoms with Crippen LogP contribution in [0.1, 0.15) is 12.8 Å². The number of guanidine groups is 1. The van der Waals surface area contributed by atoms with Gasteiger partial charge in [0.2, 0.25) is 5.91 Å². The second kappa shape index (κ2) is 10.6. The highest BCUT2D eigenvalue weighted by Gasteiger charge is 2.29. The van der Waals surface area contributed by atoms with E-state index in [2.05, 4.69) is 37.6 Å². The molecular weight excluding hydrogens is 457 g/mol. The van der Waals surface area contributed by atoms with Crippen molar-refractivity contribution >= 4 is 41.5 Å². The lowest BCUT2D eigenvalue weighted by atomic mass is 10.2. The fourth-order valence-electron chi connectivity index (χ4n) is 3.17. The van der Waals surface area contributed by atoms with E-state index in [1.54, 1.807) is 14.2 Å². The van der Waals surface area contributed by atoms with Crippen LogP contribution in [-0.4, -0.2) is 70.2 Å². The standard InChI is InChI=1S/C19H29N5O2.HI/c1-20-19(22-9-8-21-18(25)15-6-7-15)24-12-10-23(11-13-24)16-4-3-5-17(14-16)26-2;/h3-5,14-15H,6-13H2,1-2H3,(H,20,22)(H,21,25);1H. The number of anilines is 1. The molecule has 2 fully saturated rings. The van der Waals surface area contributed by atoms with Gasteiger partial charge in [-0.3, -0.25) is 9.79 Å². The van der Waals surface area contributed by atoms with Crippen molar-refractivity contribution in [2.24, 2.45) is 10.9 Å². The zero-order chi connectivity index (χ0) is 18.4. The Hall–Kier alpha value is -1.71. The van der Waals surface area contributed by atoms with Gasteiger partial charge in [-0.05, 0) is 25.0 Å². The third-order valence-corrected chi connectivity index (χ3v) is 4.86. The molecule has 150 valence electrons. The first-order valence-corrected chi connectivity index (χ1v) is 9.33. The maximum absolute atomic E-state index is 11.6. The van der Waals surface area contributed by atoms with Gasteiger partial charge in [-0.2, -0.15) is 0 Å². The molecule has 27 heavy (non-hydrogen) atoms. The lowest BCUT2D eigenvalue weighted by molar-refractivity contribution is -0.122. The monoisotopic (exact) mass is 487 g/mol. The predicted molar refractivity (Wildman–Crippen MR) is 119 cm³/mol. The van der Waals surface area contributed by atoms with Crippen LogP contribution in [0.15, 0.2) is 29.3 Å². The van der Waals surface area contributed by atoms with Crippen LogP contribution in [0.25, 0.3) is 0 Å². The second-order valence-electron chi connectivity index (χ2n) is 6.71. The van der Waals surface area contributed by atoms with Gasteiger partial charge in [0.05, 0.1) is 7.11 Å². The summed E-state index contributed by atoms with van der Waals surface area (Å²) < 4.78 is 5.32. The quantitative estimate of drug-likeness (QED) is 0.276. The molecule has 0 aromatic heterocycles. The smallest absolute Gasteiger partial charge is 0.223 e. The molecule has 1 saturated heterocycles. The molecule has 1 aromatic carbocycles. The molecule has 0 radical (unpaired) electrons. The Balaban J connectivity index is 0.00000261. The molecule has 1 heterocycles. The first-order valence-electron chi connectivity index (χ1n) is 9.33. The maximum Gasteiger partial charge on any atom is 0.223 e. The molecule has 3 rings (SSSR count). The highest BCUT2D eigenvalue weighted by atomic mass is 127. The summed E-state index contributed by atoms with van der Waals surface area (Å²) in [5, 5.41) is 6.32. The summed E-state index contributed by atoms with van der Waals surface area (Å²) in [4.78, 5) is 20.7. The summed E-state index contributed by atoms with van der Waals surface area (Å²) in [5.74, 6) is 2.24. The molecule has 0 spiro atoms. The second-order valence-corrected chi connectivity index (χ2v) is 6.71. The van der Waals surface area contributed by atoms with Crippen molar-refractivity contribution in [3.05, 3.63) is 24.3 Å². The Morgan fingerprint density at radius 3 is 2.52 bits per heavy atom. The summed E-state index contributed by atoms with van der Waals surface area (Å²) in [5.41, 5.74) is 1.19. The summed E-state index contributed by atoms with van der Waals surface area (Å²) >= 11 is 0. The van der Waals surface area contributed by atoms with Crippen LogP contribution in [0.5, 0.6) is 5.75 Å². The normalized spacial score (nSPS) is 17.2. The van der Waals surface area contributed by atoms with Gasteiger partial charge in [-0.1, -0.05) is 6.07 Å². The molecule has 7 nitrogen and oxygen atoms in total. The number of amides is 1. The van der Waals surface area contributed by atoms with Crippen molar-refractivity contribution in [3.63, 3.8) is 0 Å². The lowest BCUT2D eigenvalue weighted by Crippen LogP contribution is -2.53. The third kappa shape index (κ3) is 6.15. The third-order valence-electron chi connectivity index (χ3n) is 4.86. The average molecular weight is 487 g/mol. The van der Waals surface area contributed by atoms with Crippen LogP contribution in [-0.2, 0) is 4.79 Å². The van der Waals surface area contributed by atoms with E-state index in [4.69, 9.17) is 4.74 Å². The van der Waals surface area contributed by atoms with Crippen LogP contribution in [0.2, 0.25) is 0 Å². The summed E-state index contributed by atoms with van der Waals surface area (Å²) in [6, 6.07) is 8.18. The van der Waals surface area contributed by atoms with Gasteiger partial charge in [-0.25, -0.2) is 0 Å². The molecule has 0 unspecified atom stereocenters. The summed E-state index contributed by atoms with van der Waals surface area (Å²) in [6.45, 7) is 5.02. The van der Waals surface area contributed by atoms with E-state index in [9.17, 15) is 4.79 Å². The minimum Gasteiger partial charge on any atom is -0.497 e. The van der Waals surface area contributed by atoms with Crippen molar-refractivity contribution in [2.75, 3.05) is 58.3 Å². The number of nitrogens with zero attached hydrogens (tertiary/aromatic N) is 3. The number of hydrogen-bond donors (Lipinski definition) is 2. The van der Waals surface area contributed by atoms with Crippen molar-refractivity contribution in [1.82, 2.24) is 15.5 Å². The number of rotatable bonds is 6. The van der Waals surface area contributed by atoms with E-state index >= 15 is 0 Å². The largest absolute Gasteiger partial charge is 0.497 e. The molecule has 8 heteroatoms. The number of aliphatic imine (C=N–C) groups is 1.